The summed E-state index contributed by atoms with van der Waals surface area (Å²) in [5, 5.41) is 2.87. The Hall–Kier alpha value is -2.34. The summed E-state index contributed by atoms with van der Waals surface area (Å²) >= 11 is 0. The molecule has 0 saturated carbocycles. The Morgan fingerprint density at radius 3 is 2.42 bits per heavy atom. The van der Waals surface area contributed by atoms with Gasteiger partial charge in [-0.3, -0.25) is 9.10 Å². The summed E-state index contributed by atoms with van der Waals surface area (Å²) in [4.78, 5) is 12.8. The predicted molar refractivity (Wildman–Crippen MR) is 107 cm³/mol. The Morgan fingerprint density at radius 1 is 1.15 bits per heavy atom. The van der Waals surface area contributed by atoms with Crippen molar-refractivity contribution in [3.8, 4) is 0 Å². The SMILES string of the molecule is CCc1ccccc1NC(=O)[C@H](C)N(c1cc(C)ccc1C)S(C)(=O)=O. The first-order valence-electron chi connectivity index (χ1n) is 8.60. The summed E-state index contributed by atoms with van der Waals surface area (Å²) in [5.74, 6) is -0.364. The lowest BCUT2D eigenvalue weighted by molar-refractivity contribution is -0.116. The molecule has 0 saturated heterocycles. The second-order valence-corrected chi connectivity index (χ2v) is 8.38. The lowest BCUT2D eigenvalue weighted by atomic mass is 10.1. The zero-order valence-electron chi connectivity index (χ0n) is 15.9. The van der Waals surface area contributed by atoms with Crippen LogP contribution in [0, 0.1) is 13.8 Å². The molecule has 6 heteroatoms. The molecule has 140 valence electrons. The van der Waals surface area contributed by atoms with Crippen LogP contribution in [-0.2, 0) is 21.2 Å². The van der Waals surface area contributed by atoms with Crippen LogP contribution in [-0.4, -0.2) is 26.6 Å². The van der Waals surface area contributed by atoms with Crippen molar-refractivity contribution in [1.82, 2.24) is 0 Å². The number of sulfonamides is 1. The first-order valence-corrected chi connectivity index (χ1v) is 10.5. The molecule has 2 rings (SSSR count). The van der Waals surface area contributed by atoms with Gasteiger partial charge in [0, 0.05) is 5.69 Å². The fraction of sp³-hybridized carbons (Fsp3) is 0.350. The van der Waals surface area contributed by atoms with E-state index < -0.39 is 16.1 Å². The van der Waals surface area contributed by atoms with Gasteiger partial charge in [0.2, 0.25) is 15.9 Å². The van der Waals surface area contributed by atoms with Crippen LogP contribution in [0.5, 0.6) is 0 Å². The maximum absolute atomic E-state index is 12.8. The van der Waals surface area contributed by atoms with Crippen molar-refractivity contribution < 1.29 is 13.2 Å². The van der Waals surface area contributed by atoms with E-state index in [0.717, 1.165) is 29.4 Å². The summed E-state index contributed by atoms with van der Waals surface area (Å²) in [7, 11) is -3.64. The van der Waals surface area contributed by atoms with Crippen LogP contribution < -0.4 is 9.62 Å². The molecule has 0 aliphatic carbocycles. The van der Waals surface area contributed by atoms with Crippen LogP contribution >= 0.6 is 0 Å². The molecule has 26 heavy (non-hydrogen) atoms. The third-order valence-electron chi connectivity index (χ3n) is 4.35. The van der Waals surface area contributed by atoms with Crippen LogP contribution in [0.15, 0.2) is 42.5 Å². The third kappa shape index (κ3) is 4.43. The number of hydrogen-bond acceptors (Lipinski definition) is 3. The Bertz CT molecular complexity index is 907. The van der Waals surface area contributed by atoms with Gasteiger partial charge >= 0.3 is 0 Å². The average molecular weight is 375 g/mol. The number of para-hydroxylation sites is 1. The summed E-state index contributed by atoms with van der Waals surface area (Å²) in [6.45, 7) is 7.34. The highest BCUT2D eigenvalue weighted by atomic mass is 32.2. The van der Waals surface area contributed by atoms with Crippen molar-refractivity contribution in [2.45, 2.75) is 40.2 Å². The largest absolute Gasteiger partial charge is 0.324 e. The minimum atomic E-state index is -3.64. The van der Waals surface area contributed by atoms with Gasteiger partial charge in [-0.05, 0) is 56.0 Å². The number of nitrogens with zero attached hydrogens (tertiary/aromatic N) is 1. The van der Waals surface area contributed by atoms with E-state index in [2.05, 4.69) is 5.32 Å². The molecule has 1 amide bonds. The minimum Gasteiger partial charge on any atom is -0.324 e. The standard InChI is InChI=1S/C20H26N2O3S/c1-6-17-9-7-8-10-18(17)21-20(23)16(4)22(26(5,24)25)19-13-14(2)11-12-15(19)3/h7-13,16H,6H2,1-5H3,(H,21,23)/t16-/m0/s1. The van der Waals surface area contributed by atoms with Crippen molar-refractivity contribution in [2.75, 3.05) is 15.9 Å². The van der Waals surface area contributed by atoms with Crippen molar-refractivity contribution >= 4 is 27.3 Å². The van der Waals surface area contributed by atoms with Gasteiger partial charge in [-0.2, -0.15) is 0 Å². The van der Waals surface area contributed by atoms with Crippen molar-refractivity contribution in [3.63, 3.8) is 0 Å². The molecule has 0 aromatic heterocycles. The second kappa shape index (κ2) is 7.91. The third-order valence-corrected chi connectivity index (χ3v) is 5.57. The quantitative estimate of drug-likeness (QED) is 0.839. The molecule has 0 fully saturated rings. The Balaban J connectivity index is 2.40. The Labute approximate surface area is 156 Å². The van der Waals surface area contributed by atoms with Gasteiger partial charge in [0.25, 0.3) is 0 Å². The molecule has 0 unspecified atom stereocenters. The molecule has 0 bridgehead atoms. The van der Waals surface area contributed by atoms with Crippen LogP contribution in [0.1, 0.15) is 30.5 Å². The normalized spacial score (nSPS) is 12.5. The van der Waals surface area contributed by atoms with E-state index in [-0.39, 0.29) is 5.91 Å². The monoisotopic (exact) mass is 374 g/mol. The molecule has 0 radical (unpaired) electrons. The zero-order chi connectivity index (χ0) is 19.5. The van der Waals surface area contributed by atoms with E-state index >= 15 is 0 Å². The molecule has 5 nitrogen and oxygen atoms in total. The molecule has 0 aliphatic rings. The van der Waals surface area contributed by atoms with Gasteiger partial charge < -0.3 is 5.32 Å². The molecular formula is C20H26N2O3S. The second-order valence-electron chi connectivity index (χ2n) is 6.52. The first-order chi connectivity index (χ1) is 12.1. The molecular weight excluding hydrogens is 348 g/mol. The summed E-state index contributed by atoms with van der Waals surface area (Å²) in [6.07, 6.45) is 1.90. The topological polar surface area (TPSA) is 66.5 Å². The fourth-order valence-electron chi connectivity index (χ4n) is 2.93. The Kier molecular flexibility index (Phi) is 6.08. The van der Waals surface area contributed by atoms with E-state index in [1.54, 1.807) is 13.0 Å². The summed E-state index contributed by atoms with van der Waals surface area (Å²) in [5.41, 5.74) is 3.98. The zero-order valence-corrected chi connectivity index (χ0v) is 16.7. The van der Waals surface area contributed by atoms with Gasteiger partial charge in [-0.15, -0.1) is 0 Å². The Morgan fingerprint density at radius 2 is 1.81 bits per heavy atom. The van der Waals surface area contributed by atoms with E-state index in [1.165, 1.54) is 4.31 Å². The lowest BCUT2D eigenvalue weighted by Crippen LogP contribution is -2.45. The molecule has 2 aromatic carbocycles. The molecule has 0 spiro atoms. The maximum atomic E-state index is 12.8. The number of anilines is 2. The number of benzene rings is 2. The summed E-state index contributed by atoms with van der Waals surface area (Å²) < 4.78 is 26.1. The molecule has 1 N–H and O–H groups in total. The number of nitrogens with one attached hydrogen (secondary N) is 1. The predicted octanol–water partition coefficient (Wildman–Crippen LogP) is 3.66. The molecule has 1 atom stereocenters. The molecule has 2 aromatic rings. The highest BCUT2D eigenvalue weighted by molar-refractivity contribution is 7.92. The highest BCUT2D eigenvalue weighted by Gasteiger charge is 2.30. The van der Waals surface area contributed by atoms with E-state index in [9.17, 15) is 13.2 Å². The lowest BCUT2D eigenvalue weighted by Gasteiger charge is -2.30. The number of amides is 1. The van der Waals surface area contributed by atoms with E-state index in [0.29, 0.717) is 11.4 Å². The highest BCUT2D eigenvalue weighted by Crippen LogP contribution is 2.27. The summed E-state index contributed by atoms with van der Waals surface area (Å²) in [6, 6.07) is 12.2. The van der Waals surface area contributed by atoms with Gasteiger partial charge in [0.05, 0.1) is 11.9 Å². The smallest absolute Gasteiger partial charge is 0.248 e. The van der Waals surface area contributed by atoms with Gasteiger partial charge in [-0.25, -0.2) is 8.42 Å². The number of rotatable bonds is 6. The molecule has 0 aliphatic heterocycles. The number of carbonyl (C=O) groups is 1. The van der Waals surface area contributed by atoms with Gasteiger partial charge in [0.1, 0.15) is 6.04 Å². The van der Waals surface area contributed by atoms with Crippen LogP contribution in [0.3, 0.4) is 0 Å². The van der Waals surface area contributed by atoms with Crippen LogP contribution in [0.4, 0.5) is 11.4 Å². The van der Waals surface area contributed by atoms with Crippen molar-refractivity contribution in [1.29, 1.82) is 0 Å². The van der Waals surface area contributed by atoms with Crippen LogP contribution in [0.2, 0.25) is 0 Å². The number of carbonyl (C=O) groups excluding carboxylic acids is 1. The van der Waals surface area contributed by atoms with E-state index in [4.69, 9.17) is 0 Å². The number of hydrogen-bond donors (Lipinski definition) is 1. The van der Waals surface area contributed by atoms with Crippen molar-refractivity contribution in [2.24, 2.45) is 0 Å². The van der Waals surface area contributed by atoms with E-state index in [1.807, 2.05) is 57.2 Å². The minimum absolute atomic E-state index is 0.364. The maximum Gasteiger partial charge on any atom is 0.248 e. The van der Waals surface area contributed by atoms with Crippen LogP contribution in [0.25, 0.3) is 0 Å². The molecule has 0 heterocycles. The first kappa shape index (κ1) is 20.0. The van der Waals surface area contributed by atoms with Gasteiger partial charge in [-0.1, -0.05) is 37.3 Å². The van der Waals surface area contributed by atoms with Crippen molar-refractivity contribution in [3.05, 3.63) is 59.2 Å². The fourth-order valence-corrected chi connectivity index (χ4v) is 4.15. The van der Waals surface area contributed by atoms with Gasteiger partial charge in [0.15, 0.2) is 0 Å². The average Bonchev–Trinajstić information content (AvgIpc) is 2.57. The number of aryl methyl sites for hydroxylation is 3.